The molecule has 0 bridgehead atoms. The van der Waals surface area contributed by atoms with Crippen LogP contribution in [-0.2, 0) is 17.5 Å². The number of hydrogen-bond acceptors (Lipinski definition) is 4. The van der Waals surface area contributed by atoms with E-state index < -0.39 is 24.0 Å². The fraction of sp³-hybridized carbons (Fsp3) is 0.394. The maximum Gasteiger partial charge on any atom is 0.416 e. The topological polar surface area (TPSA) is 39.7 Å². The van der Waals surface area contributed by atoms with Gasteiger partial charge in [-0.1, -0.05) is 37.1 Å². The number of benzene rings is 2. The Kier molecular flexibility index (Phi) is 9.26. The average molecular weight is 581 g/mol. The summed E-state index contributed by atoms with van der Waals surface area (Å²) in [5.74, 6) is -0.366. The van der Waals surface area contributed by atoms with E-state index in [9.17, 15) is 18.0 Å². The third kappa shape index (κ3) is 7.18. The minimum Gasteiger partial charge on any atom is -0.345 e. The van der Waals surface area contributed by atoms with Gasteiger partial charge < -0.3 is 9.80 Å². The molecule has 5 rings (SSSR count). The average Bonchev–Trinajstić information content (AvgIpc) is 3.54. The monoisotopic (exact) mass is 580 g/mol. The number of carbonyl (C=O) groups is 1. The number of anilines is 2. The molecule has 9 heteroatoms. The zero-order valence-electron chi connectivity index (χ0n) is 23.7. The fourth-order valence-electron chi connectivity index (χ4n) is 6.01. The SMILES string of the molecule is CN(c1ccncc1)c1ccc(CN(C(=O)/C=C/c2ccc(C(F)(F)F)cc2)[C@H]2CCN(C3CCCC3)C[C@@H]2F)cc1. The maximum atomic E-state index is 15.8. The second-order valence-electron chi connectivity index (χ2n) is 11.2. The van der Waals surface area contributed by atoms with Gasteiger partial charge in [-0.25, -0.2) is 4.39 Å². The zero-order valence-corrected chi connectivity index (χ0v) is 23.7. The molecule has 1 amide bonds. The van der Waals surface area contributed by atoms with Crippen molar-refractivity contribution in [2.45, 2.75) is 63.1 Å². The normalized spacial score (nSPS) is 20.2. The second-order valence-corrected chi connectivity index (χ2v) is 11.2. The number of carbonyl (C=O) groups excluding carboxylic acids is 1. The van der Waals surface area contributed by atoms with E-state index in [0.29, 0.717) is 24.6 Å². The van der Waals surface area contributed by atoms with Crippen molar-refractivity contribution in [3.8, 4) is 0 Å². The van der Waals surface area contributed by atoms with Gasteiger partial charge in [0.25, 0.3) is 0 Å². The molecule has 0 spiro atoms. The maximum absolute atomic E-state index is 15.8. The third-order valence-corrected chi connectivity index (χ3v) is 8.45. The number of rotatable bonds is 8. The van der Waals surface area contributed by atoms with E-state index in [-0.39, 0.29) is 12.5 Å². The Balaban J connectivity index is 1.33. The first-order valence-electron chi connectivity index (χ1n) is 14.5. The van der Waals surface area contributed by atoms with Crippen molar-refractivity contribution in [3.63, 3.8) is 0 Å². The van der Waals surface area contributed by atoms with Gasteiger partial charge in [0.2, 0.25) is 5.91 Å². The number of piperidine rings is 1. The highest BCUT2D eigenvalue weighted by Crippen LogP contribution is 2.31. The van der Waals surface area contributed by atoms with Gasteiger partial charge in [-0.3, -0.25) is 14.7 Å². The molecule has 3 aromatic rings. The van der Waals surface area contributed by atoms with Crippen molar-refractivity contribution in [2.75, 3.05) is 25.0 Å². The number of likely N-dealkylation sites (tertiary alicyclic amines) is 1. The summed E-state index contributed by atoms with van der Waals surface area (Å²) >= 11 is 0. The van der Waals surface area contributed by atoms with Crippen LogP contribution in [0.15, 0.2) is 79.1 Å². The van der Waals surface area contributed by atoms with Crippen molar-refractivity contribution in [3.05, 3.63) is 95.8 Å². The summed E-state index contributed by atoms with van der Waals surface area (Å²) in [5.41, 5.74) is 2.52. The van der Waals surface area contributed by atoms with E-state index in [0.717, 1.165) is 48.5 Å². The van der Waals surface area contributed by atoms with Crippen LogP contribution in [0.3, 0.4) is 0 Å². The van der Waals surface area contributed by atoms with Gasteiger partial charge >= 0.3 is 6.18 Å². The van der Waals surface area contributed by atoms with E-state index in [2.05, 4.69) is 9.88 Å². The van der Waals surface area contributed by atoms with Crippen LogP contribution >= 0.6 is 0 Å². The number of halogens is 4. The van der Waals surface area contributed by atoms with Gasteiger partial charge in [0.05, 0.1) is 11.6 Å². The molecule has 5 nitrogen and oxygen atoms in total. The molecule has 2 aromatic carbocycles. The summed E-state index contributed by atoms with van der Waals surface area (Å²) in [6, 6.07) is 16.1. The Bertz CT molecular complexity index is 1340. The summed E-state index contributed by atoms with van der Waals surface area (Å²) in [7, 11) is 1.96. The van der Waals surface area contributed by atoms with Crippen molar-refractivity contribution >= 4 is 23.4 Å². The van der Waals surface area contributed by atoms with Gasteiger partial charge in [-0.2, -0.15) is 13.2 Å². The van der Waals surface area contributed by atoms with Gasteiger partial charge in [-0.15, -0.1) is 0 Å². The quantitative estimate of drug-likeness (QED) is 0.208. The summed E-state index contributed by atoms with van der Waals surface area (Å²) in [4.78, 5) is 23.5. The minimum atomic E-state index is -4.43. The molecule has 2 aliphatic rings. The van der Waals surface area contributed by atoms with Crippen LogP contribution in [0.2, 0.25) is 0 Å². The van der Waals surface area contributed by atoms with Gasteiger partial charge in [0, 0.05) is 62.6 Å². The standard InChI is InChI=1S/C33H36F4N4O/c1-39(28-16-19-38-20-17-28)27-13-8-25(9-14-27)22-41(31-18-21-40(23-30(31)34)29-4-2-3-5-29)32(42)15-10-24-6-11-26(12-7-24)33(35,36)37/h6-17,19-20,29-31H,2-5,18,21-23H2,1H3/b15-10+/t30-,31-/m0/s1. The zero-order chi connectivity index (χ0) is 29.7. The first-order chi connectivity index (χ1) is 20.2. The van der Waals surface area contributed by atoms with E-state index in [1.54, 1.807) is 17.3 Å². The van der Waals surface area contributed by atoms with E-state index in [1.807, 2.05) is 48.3 Å². The molecule has 2 heterocycles. The Morgan fingerprint density at radius 2 is 1.60 bits per heavy atom. The van der Waals surface area contributed by atoms with E-state index in [1.165, 1.54) is 37.1 Å². The van der Waals surface area contributed by atoms with Gasteiger partial charge in [-0.05, 0) is 72.9 Å². The lowest BCUT2D eigenvalue weighted by molar-refractivity contribution is -0.137. The molecule has 0 unspecified atom stereocenters. The molecule has 42 heavy (non-hydrogen) atoms. The number of aromatic nitrogens is 1. The Morgan fingerprint density at radius 1 is 0.952 bits per heavy atom. The van der Waals surface area contributed by atoms with Gasteiger partial charge in [0.1, 0.15) is 6.17 Å². The van der Waals surface area contributed by atoms with E-state index >= 15 is 4.39 Å². The first kappa shape index (κ1) is 29.8. The summed E-state index contributed by atoms with van der Waals surface area (Å²) in [5, 5.41) is 0. The summed E-state index contributed by atoms with van der Waals surface area (Å²) in [6.45, 7) is 1.26. The highest BCUT2D eigenvalue weighted by atomic mass is 19.4. The molecule has 2 fully saturated rings. The molecule has 0 radical (unpaired) electrons. The molecular weight excluding hydrogens is 544 g/mol. The molecule has 2 atom stereocenters. The molecule has 222 valence electrons. The second kappa shape index (κ2) is 13.1. The number of amides is 1. The van der Waals surface area contributed by atoms with Crippen LogP contribution in [-0.4, -0.2) is 59.1 Å². The highest BCUT2D eigenvalue weighted by molar-refractivity contribution is 5.92. The summed E-state index contributed by atoms with van der Waals surface area (Å²) < 4.78 is 54.6. The molecule has 0 N–H and O–H groups in total. The third-order valence-electron chi connectivity index (χ3n) is 8.45. The lowest BCUT2D eigenvalue weighted by atomic mass is 9.98. The van der Waals surface area contributed by atoms with Crippen LogP contribution < -0.4 is 4.90 Å². The van der Waals surface area contributed by atoms with Crippen LogP contribution in [0.25, 0.3) is 6.08 Å². The molecule has 1 saturated carbocycles. The summed E-state index contributed by atoms with van der Waals surface area (Å²) in [6.07, 6.45) is 5.72. The van der Waals surface area contributed by atoms with Crippen molar-refractivity contribution < 1.29 is 22.4 Å². The van der Waals surface area contributed by atoms with Crippen molar-refractivity contribution in [1.82, 2.24) is 14.8 Å². The Morgan fingerprint density at radius 3 is 2.21 bits per heavy atom. The molecule has 1 aromatic heterocycles. The lowest BCUT2D eigenvalue weighted by Gasteiger charge is -2.42. The van der Waals surface area contributed by atoms with Crippen molar-refractivity contribution in [1.29, 1.82) is 0 Å². The van der Waals surface area contributed by atoms with Crippen LogP contribution in [0.4, 0.5) is 28.9 Å². The number of nitrogens with zero attached hydrogens (tertiary/aromatic N) is 4. The number of alkyl halides is 4. The minimum absolute atomic E-state index is 0.226. The van der Waals surface area contributed by atoms with Crippen LogP contribution in [0, 0.1) is 0 Å². The fourth-order valence-corrected chi connectivity index (χ4v) is 6.01. The molecule has 1 aliphatic heterocycles. The van der Waals surface area contributed by atoms with Gasteiger partial charge in [0.15, 0.2) is 0 Å². The largest absolute Gasteiger partial charge is 0.416 e. The highest BCUT2D eigenvalue weighted by Gasteiger charge is 2.38. The molecular formula is C33H36F4N4O. The molecule has 1 aliphatic carbocycles. The predicted molar refractivity (Wildman–Crippen MR) is 157 cm³/mol. The lowest BCUT2D eigenvalue weighted by Crippen LogP contribution is -2.55. The van der Waals surface area contributed by atoms with E-state index in [4.69, 9.17) is 0 Å². The smallest absolute Gasteiger partial charge is 0.345 e. The predicted octanol–water partition coefficient (Wildman–Crippen LogP) is 7.27. The van der Waals surface area contributed by atoms with Crippen LogP contribution in [0.5, 0.6) is 0 Å². The van der Waals surface area contributed by atoms with Crippen molar-refractivity contribution in [2.24, 2.45) is 0 Å². The Hall–Kier alpha value is -3.72. The first-order valence-corrected chi connectivity index (χ1v) is 14.5. The Labute approximate surface area is 244 Å². The van der Waals surface area contributed by atoms with Crippen LogP contribution in [0.1, 0.15) is 48.8 Å². The molecule has 1 saturated heterocycles. The number of hydrogen-bond donors (Lipinski definition) is 0. The number of pyridine rings is 1.